The Morgan fingerprint density at radius 2 is 1.10 bits per heavy atom. The summed E-state index contributed by atoms with van der Waals surface area (Å²) in [5, 5.41) is 60.3. The fourth-order valence-electron chi connectivity index (χ4n) is 8.04. The Labute approximate surface area is 417 Å². The van der Waals surface area contributed by atoms with E-state index in [0.717, 1.165) is 13.3 Å². The van der Waals surface area contributed by atoms with Crippen molar-refractivity contribution in [3.8, 4) is 0 Å². The molecule has 0 aliphatic carbocycles. The first-order valence-electron chi connectivity index (χ1n) is 24.1. The number of likely N-dealkylation sites (tertiary alicyclic amines) is 1. The highest BCUT2D eigenvalue weighted by molar-refractivity contribution is 5.99. The first-order valence-corrected chi connectivity index (χ1v) is 24.1. The molecule has 10 atom stereocenters. The largest absolute Gasteiger partial charge is 0.481 e. The number of carboxylic acid groups (broad SMARTS) is 2. The van der Waals surface area contributed by atoms with Gasteiger partial charge in [0.15, 0.2) is 6.04 Å². The lowest BCUT2D eigenvalue weighted by atomic mass is 9.99. The summed E-state index contributed by atoms with van der Waals surface area (Å²) in [6.45, 7) is 10.5. The summed E-state index contributed by atoms with van der Waals surface area (Å²) >= 11 is 0. The first kappa shape index (κ1) is 61.6. The molecule has 2 heterocycles. The van der Waals surface area contributed by atoms with Gasteiger partial charge < -0.3 is 78.9 Å². The maximum atomic E-state index is 13.9. The van der Waals surface area contributed by atoms with Gasteiger partial charge in [-0.2, -0.15) is 0 Å². The molecule has 27 nitrogen and oxygen atoms in total. The smallest absolute Gasteiger partial charge is 0.328 e. The topological polar surface area (TPSA) is 423 Å². The molecular weight excluding hydrogens is 951 g/mol. The van der Waals surface area contributed by atoms with E-state index in [1.54, 1.807) is 41.5 Å². The van der Waals surface area contributed by atoms with E-state index in [9.17, 15) is 78.0 Å². The zero-order valence-electron chi connectivity index (χ0n) is 41.9. The normalized spacial score (nSPS) is 18.8. The third-order valence-corrected chi connectivity index (χ3v) is 11.6. The van der Waals surface area contributed by atoms with Crippen LogP contribution in [0.4, 0.5) is 0 Å². The molecule has 0 aromatic heterocycles. The third kappa shape index (κ3) is 20.7. The van der Waals surface area contributed by atoms with Crippen LogP contribution in [0.5, 0.6) is 0 Å². The number of rotatable bonds is 30. The van der Waals surface area contributed by atoms with Crippen LogP contribution in [0.3, 0.4) is 0 Å². The number of aliphatic hydroxyl groups is 2. The molecular formula is C45H75N11O16. The molecule has 2 aliphatic rings. The highest BCUT2D eigenvalue weighted by Gasteiger charge is 2.41. The number of nitrogens with zero attached hydrogens (tertiary/aromatic N) is 1. The lowest BCUT2D eigenvalue weighted by Crippen LogP contribution is -2.60. The van der Waals surface area contributed by atoms with Gasteiger partial charge >= 0.3 is 11.9 Å². The van der Waals surface area contributed by atoms with Crippen molar-refractivity contribution in [3.05, 3.63) is 0 Å². The van der Waals surface area contributed by atoms with Crippen molar-refractivity contribution >= 4 is 71.0 Å². The summed E-state index contributed by atoms with van der Waals surface area (Å²) in [5.74, 6) is -12.6. The molecule has 0 bridgehead atoms. The minimum atomic E-state index is -1.89. The molecule has 2 rings (SSSR count). The van der Waals surface area contributed by atoms with Gasteiger partial charge in [0.25, 0.3) is 0 Å². The van der Waals surface area contributed by atoms with Gasteiger partial charge in [-0.3, -0.25) is 52.7 Å². The SMILES string of the molecule is CC(C)C[C@H](NC(=O)CNC(=O)[C@H](CC(C)C)NC(=O)[C@H](CC(C)C)NC(=O)[C@@H]1CCCN1C(=O)[C@H](CC(N)=O)NC(=O)[C@@H]1CCCN1)C(=O)N[C@@H](CC(=O)O)C(=O)N[C@@H](CO)C(=O)N[C@H](C(=O)O)[C@@H](C)O. The zero-order chi connectivity index (χ0) is 54.6. The van der Waals surface area contributed by atoms with Crippen LogP contribution < -0.4 is 53.6 Å². The number of amides is 10. The van der Waals surface area contributed by atoms with Crippen molar-refractivity contribution in [1.29, 1.82) is 0 Å². The molecule has 15 N–H and O–H groups in total. The van der Waals surface area contributed by atoms with Crippen molar-refractivity contribution in [2.75, 3.05) is 26.2 Å². The van der Waals surface area contributed by atoms with Gasteiger partial charge in [-0.15, -0.1) is 0 Å². The van der Waals surface area contributed by atoms with Gasteiger partial charge in [-0.25, -0.2) is 4.79 Å². The predicted octanol–water partition coefficient (Wildman–Crippen LogP) is -4.81. The molecule has 27 heteroatoms. The molecule has 0 radical (unpaired) electrons. The van der Waals surface area contributed by atoms with E-state index in [2.05, 4.69) is 37.2 Å². The van der Waals surface area contributed by atoms with Crippen molar-refractivity contribution in [2.45, 2.75) is 167 Å². The second kappa shape index (κ2) is 29.8. The second-order valence-electron chi connectivity index (χ2n) is 19.4. The van der Waals surface area contributed by atoms with E-state index < -0.39 is 157 Å². The standard InChI is InChI=1S/C45H75N11O16/c1-21(2)14-26(50-40(66)28(16-23(5)6)52-43(69)32-11-9-13-56(32)44(70)30(17-33(46)59)53-38(64)25-10-8-12-47-25)37(63)48-19-34(60)49-27(15-22(3)4)39(65)51-29(18-35(61)62)41(67)54-31(20-57)42(68)55-36(24(7)58)45(71)72/h21-32,36,47,57-58H,8-20H2,1-7H3,(H2,46,59)(H,48,63)(H,49,60)(H,50,66)(H,51,65)(H,52,69)(H,53,64)(H,54,67)(H,55,68)(H,61,62)(H,71,72)/t24-,25+,26+,27+,28+,29+,30+,31+,32+,36+/m1/s1. The highest BCUT2D eigenvalue weighted by atomic mass is 16.4. The van der Waals surface area contributed by atoms with E-state index in [1.165, 1.54) is 4.90 Å². The van der Waals surface area contributed by atoms with Crippen LogP contribution in [0.1, 0.15) is 106 Å². The molecule has 0 aromatic rings. The Morgan fingerprint density at radius 3 is 1.58 bits per heavy atom. The number of carbonyl (C=O) groups excluding carboxylic acids is 10. The van der Waals surface area contributed by atoms with Crippen molar-refractivity contribution in [2.24, 2.45) is 23.5 Å². The fourth-order valence-corrected chi connectivity index (χ4v) is 8.04. The lowest BCUT2D eigenvalue weighted by Gasteiger charge is -2.30. The quantitative estimate of drug-likeness (QED) is 0.0321. The van der Waals surface area contributed by atoms with E-state index in [-0.39, 0.29) is 50.0 Å². The minimum Gasteiger partial charge on any atom is -0.481 e. The summed E-state index contributed by atoms with van der Waals surface area (Å²) in [7, 11) is 0. The van der Waals surface area contributed by atoms with Crippen LogP contribution in [0.2, 0.25) is 0 Å². The summed E-state index contributed by atoms with van der Waals surface area (Å²) < 4.78 is 0. The van der Waals surface area contributed by atoms with Crippen LogP contribution in [0.15, 0.2) is 0 Å². The summed E-state index contributed by atoms with van der Waals surface area (Å²) in [6, 6.07) is -12.4. The molecule has 0 aromatic carbocycles. The van der Waals surface area contributed by atoms with Crippen molar-refractivity contribution in [3.63, 3.8) is 0 Å². The molecule has 0 saturated carbocycles. The minimum absolute atomic E-state index is 0.0606. The number of hydrogen-bond donors (Lipinski definition) is 14. The number of aliphatic hydroxyl groups excluding tert-OH is 2. The summed E-state index contributed by atoms with van der Waals surface area (Å²) in [5.41, 5.74) is 5.43. The number of nitrogens with one attached hydrogen (secondary N) is 9. The van der Waals surface area contributed by atoms with Crippen molar-refractivity contribution in [1.82, 2.24) is 52.8 Å². The molecule has 0 unspecified atom stereocenters. The highest BCUT2D eigenvalue weighted by Crippen LogP contribution is 2.21. The van der Waals surface area contributed by atoms with E-state index in [0.29, 0.717) is 19.4 Å². The molecule has 2 aliphatic heterocycles. The second-order valence-corrected chi connectivity index (χ2v) is 19.4. The van der Waals surface area contributed by atoms with Crippen LogP contribution in [0, 0.1) is 17.8 Å². The molecule has 2 fully saturated rings. The lowest BCUT2D eigenvalue weighted by molar-refractivity contribution is -0.146. The third-order valence-electron chi connectivity index (χ3n) is 11.6. The number of carboxylic acids is 2. The monoisotopic (exact) mass is 1030 g/mol. The average Bonchev–Trinajstić information content (AvgIpc) is 4.01. The Kier molecular flexibility index (Phi) is 25.5. The van der Waals surface area contributed by atoms with Crippen LogP contribution in [-0.4, -0.2) is 183 Å². The first-order chi connectivity index (χ1) is 33.6. The predicted molar refractivity (Wildman–Crippen MR) is 253 cm³/mol. The van der Waals surface area contributed by atoms with Gasteiger partial charge in [0.2, 0.25) is 59.1 Å². The van der Waals surface area contributed by atoms with E-state index in [4.69, 9.17) is 5.73 Å². The average molecular weight is 1030 g/mol. The summed E-state index contributed by atoms with van der Waals surface area (Å²) in [6.07, 6.45) is -1.12. The maximum Gasteiger partial charge on any atom is 0.328 e. The van der Waals surface area contributed by atoms with Gasteiger partial charge in [-0.1, -0.05) is 41.5 Å². The van der Waals surface area contributed by atoms with E-state index in [1.807, 2.05) is 10.6 Å². The maximum absolute atomic E-state index is 13.9. The number of aliphatic carboxylic acids is 2. The van der Waals surface area contributed by atoms with Crippen molar-refractivity contribution < 1.29 is 78.0 Å². The Balaban J connectivity index is 2.19. The van der Waals surface area contributed by atoms with Crippen LogP contribution in [-0.2, 0) is 57.5 Å². The van der Waals surface area contributed by atoms with Gasteiger partial charge in [0.05, 0.1) is 38.1 Å². The Bertz CT molecular complexity index is 1960. The molecule has 72 heavy (non-hydrogen) atoms. The molecule has 0 spiro atoms. The number of primary amides is 1. The number of nitrogens with two attached hydrogens (primary N) is 1. The van der Waals surface area contributed by atoms with Gasteiger partial charge in [0.1, 0.15) is 42.3 Å². The van der Waals surface area contributed by atoms with Gasteiger partial charge in [-0.05, 0) is 76.2 Å². The van der Waals surface area contributed by atoms with E-state index >= 15 is 0 Å². The summed E-state index contributed by atoms with van der Waals surface area (Å²) in [4.78, 5) is 157. The molecule has 10 amide bonds. The van der Waals surface area contributed by atoms with Crippen LogP contribution >= 0.6 is 0 Å². The fraction of sp³-hybridized carbons (Fsp3) is 0.733. The Hall–Kier alpha value is -6.48. The zero-order valence-corrected chi connectivity index (χ0v) is 41.9. The Morgan fingerprint density at radius 1 is 0.597 bits per heavy atom. The molecule has 2 saturated heterocycles. The van der Waals surface area contributed by atoms with Gasteiger partial charge in [0, 0.05) is 6.54 Å². The number of carbonyl (C=O) groups is 12. The van der Waals surface area contributed by atoms with Crippen LogP contribution in [0.25, 0.3) is 0 Å². The number of hydrogen-bond acceptors (Lipinski definition) is 15. The molecule has 406 valence electrons.